The van der Waals surface area contributed by atoms with Crippen molar-refractivity contribution in [3.05, 3.63) is 45.4 Å². The third kappa shape index (κ3) is 3.75. The summed E-state index contributed by atoms with van der Waals surface area (Å²) >= 11 is 11.8. The highest BCUT2D eigenvalue weighted by Gasteiger charge is 2.14. The molecule has 1 aromatic heterocycles. The monoisotopic (exact) mass is 322 g/mol. The van der Waals surface area contributed by atoms with E-state index in [2.05, 4.69) is 15.5 Å². The Kier molecular flexibility index (Phi) is 4.84. The predicted octanol–water partition coefficient (Wildman–Crippen LogP) is 4.42. The van der Waals surface area contributed by atoms with Crippen LogP contribution in [0.4, 0.5) is 5.88 Å². The number of nitriles is 1. The highest BCUT2D eigenvalue weighted by molar-refractivity contribution is 6.36. The van der Waals surface area contributed by atoms with Crippen molar-refractivity contribution in [1.29, 1.82) is 5.26 Å². The van der Waals surface area contributed by atoms with Crippen LogP contribution in [0.25, 0.3) is 0 Å². The second kappa shape index (κ2) is 6.61. The molecule has 1 aromatic carbocycles. The van der Waals surface area contributed by atoms with E-state index in [4.69, 9.17) is 32.9 Å². The number of halogens is 2. The lowest BCUT2D eigenvalue weighted by atomic mass is 10.2. The molecule has 0 saturated heterocycles. The Balaban J connectivity index is 2.16. The standard InChI is InChI=1S/C14H12Cl2N4O/c1-8(2)13-19-12(6-17)14(21-13)20-18-7-9-3-4-10(15)5-11(9)16/h3-5,7-8,20H,1-2H3/b18-7-. The molecule has 21 heavy (non-hydrogen) atoms. The molecule has 2 rings (SSSR count). The normalized spacial score (nSPS) is 11.0. The largest absolute Gasteiger partial charge is 0.422 e. The summed E-state index contributed by atoms with van der Waals surface area (Å²) < 4.78 is 5.44. The van der Waals surface area contributed by atoms with Crippen LogP contribution < -0.4 is 5.43 Å². The minimum absolute atomic E-state index is 0.0855. The van der Waals surface area contributed by atoms with Crippen LogP contribution in [0.15, 0.2) is 27.7 Å². The fourth-order valence-corrected chi connectivity index (χ4v) is 1.96. The minimum Gasteiger partial charge on any atom is -0.422 e. The lowest BCUT2D eigenvalue weighted by molar-refractivity contribution is 0.481. The summed E-state index contributed by atoms with van der Waals surface area (Å²) in [6.45, 7) is 3.85. The van der Waals surface area contributed by atoms with E-state index >= 15 is 0 Å². The third-order valence-electron chi connectivity index (χ3n) is 2.58. The number of hydrogen-bond acceptors (Lipinski definition) is 5. The highest BCUT2D eigenvalue weighted by Crippen LogP contribution is 2.22. The number of nitrogens with zero attached hydrogens (tertiary/aromatic N) is 3. The van der Waals surface area contributed by atoms with E-state index in [0.29, 0.717) is 21.5 Å². The van der Waals surface area contributed by atoms with Gasteiger partial charge < -0.3 is 4.42 Å². The zero-order valence-corrected chi connectivity index (χ0v) is 12.9. The number of rotatable bonds is 4. The zero-order chi connectivity index (χ0) is 15.4. The molecule has 0 aliphatic rings. The van der Waals surface area contributed by atoms with Gasteiger partial charge in [0, 0.05) is 16.5 Å². The molecule has 0 spiro atoms. The Hall–Kier alpha value is -2.03. The van der Waals surface area contributed by atoms with Gasteiger partial charge in [0.25, 0.3) is 5.88 Å². The van der Waals surface area contributed by atoms with Gasteiger partial charge in [-0.2, -0.15) is 10.4 Å². The zero-order valence-electron chi connectivity index (χ0n) is 11.4. The molecule has 5 nitrogen and oxygen atoms in total. The molecule has 0 aliphatic heterocycles. The van der Waals surface area contributed by atoms with Crippen LogP contribution >= 0.6 is 23.2 Å². The smallest absolute Gasteiger partial charge is 0.252 e. The third-order valence-corrected chi connectivity index (χ3v) is 3.14. The maximum atomic E-state index is 9.00. The van der Waals surface area contributed by atoms with E-state index in [0.717, 1.165) is 0 Å². The first-order chi connectivity index (χ1) is 10.0. The van der Waals surface area contributed by atoms with Crippen LogP contribution in [-0.2, 0) is 0 Å². The number of nitrogens with one attached hydrogen (secondary N) is 1. The molecule has 0 aliphatic carbocycles. The van der Waals surface area contributed by atoms with Crippen LogP contribution in [-0.4, -0.2) is 11.2 Å². The molecule has 0 radical (unpaired) electrons. The first kappa shape index (κ1) is 15.4. The van der Waals surface area contributed by atoms with Crippen molar-refractivity contribution < 1.29 is 4.42 Å². The van der Waals surface area contributed by atoms with Gasteiger partial charge in [-0.1, -0.05) is 43.1 Å². The molecular formula is C14H12Cl2N4O. The van der Waals surface area contributed by atoms with Crippen LogP contribution in [0.2, 0.25) is 10.0 Å². The van der Waals surface area contributed by atoms with E-state index in [-0.39, 0.29) is 17.5 Å². The van der Waals surface area contributed by atoms with Crippen LogP contribution in [0.5, 0.6) is 0 Å². The molecule has 0 fully saturated rings. The topological polar surface area (TPSA) is 74.2 Å². The average Bonchev–Trinajstić information content (AvgIpc) is 2.85. The second-order valence-corrected chi connectivity index (χ2v) is 5.38. The van der Waals surface area contributed by atoms with Crippen molar-refractivity contribution in [1.82, 2.24) is 4.98 Å². The minimum atomic E-state index is 0.0855. The molecular weight excluding hydrogens is 311 g/mol. The van der Waals surface area contributed by atoms with Gasteiger partial charge in [-0.3, -0.25) is 0 Å². The highest BCUT2D eigenvalue weighted by atomic mass is 35.5. The van der Waals surface area contributed by atoms with Gasteiger partial charge in [0.15, 0.2) is 0 Å². The van der Waals surface area contributed by atoms with Gasteiger partial charge in [0.1, 0.15) is 6.07 Å². The Morgan fingerprint density at radius 3 is 2.81 bits per heavy atom. The molecule has 2 aromatic rings. The molecule has 1 N–H and O–H groups in total. The Labute approximate surface area is 132 Å². The molecule has 7 heteroatoms. The summed E-state index contributed by atoms with van der Waals surface area (Å²) in [7, 11) is 0. The lowest BCUT2D eigenvalue weighted by Crippen LogP contribution is -1.92. The molecule has 108 valence electrons. The van der Waals surface area contributed by atoms with Gasteiger partial charge >= 0.3 is 0 Å². The second-order valence-electron chi connectivity index (χ2n) is 4.53. The first-order valence-corrected chi connectivity index (χ1v) is 6.91. The quantitative estimate of drug-likeness (QED) is 0.667. The molecule has 0 unspecified atom stereocenters. The van der Waals surface area contributed by atoms with Crippen LogP contribution in [0.1, 0.15) is 36.9 Å². The molecule has 0 atom stereocenters. The van der Waals surface area contributed by atoms with Crippen LogP contribution in [0.3, 0.4) is 0 Å². The summed E-state index contributed by atoms with van der Waals surface area (Å²) in [4.78, 5) is 4.08. The number of hydrogen-bond donors (Lipinski definition) is 1. The van der Waals surface area contributed by atoms with Crippen molar-refractivity contribution >= 4 is 35.3 Å². The number of benzene rings is 1. The van der Waals surface area contributed by atoms with E-state index in [1.807, 2.05) is 19.9 Å². The molecule has 1 heterocycles. The van der Waals surface area contributed by atoms with Crippen molar-refractivity contribution in [2.45, 2.75) is 19.8 Å². The SMILES string of the molecule is CC(C)c1nc(C#N)c(N/N=C\c2ccc(Cl)cc2Cl)o1. The first-order valence-electron chi connectivity index (χ1n) is 6.16. The number of aromatic nitrogens is 1. The van der Waals surface area contributed by atoms with Crippen molar-refractivity contribution in [3.8, 4) is 6.07 Å². The average molecular weight is 323 g/mol. The Bertz CT molecular complexity index is 716. The summed E-state index contributed by atoms with van der Waals surface area (Å²) in [5, 5.41) is 14.0. The van der Waals surface area contributed by atoms with Crippen LogP contribution in [0, 0.1) is 11.3 Å². The summed E-state index contributed by atoms with van der Waals surface area (Å²) in [6.07, 6.45) is 1.51. The predicted molar refractivity (Wildman–Crippen MR) is 83.0 cm³/mol. The Morgan fingerprint density at radius 1 is 1.43 bits per heavy atom. The molecule has 0 bridgehead atoms. The molecule has 0 saturated carbocycles. The van der Waals surface area contributed by atoms with Gasteiger partial charge in [-0.15, -0.1) is 0 Å². The molecule has 0 amide bonds. The van der Waals surface area contributed by atoms with Crippen molar-refractivity contribution in [2.24, 2.45) is 5.10 Å². The van der Waals surface area contributed by atoms with Gasteiger partial charge in [-0.05, 0) is 12.1 Å². The van der Waals surface area contributed by atoms with E-state index in [1.165, 1.54) is 6.21 Å². The van der Waals surface area contributed by atoms with Gasteiger partial charge in [0.2, 0.25) is 11.6 Å². The summed E-state index contributed by atoms with van der Waals surface area (Å²) in [5.41, 5.74) is 3.51. The maximum absolute atomic E-state index is 9.00. The van der Waals surface area contributed by atoms with E-state index in [1.54, 1.807) is 18.2 Å². The lowest BCUT2D eigenvalue weighted by Gasteiger charge is -1.99. The maximum Gasteiger partial charge on any atom is 0.252 e. The van der Waals surface area contributed by atoms with Crippen molar-refractivity contribution in [2.75, 3.05) is 5.43 Å². The number of anilines is 1. The van der Waals surface area contributed by atoms with Gasteiger partial charge in [0.05, 0.1) is 11.2 Å². The fraction of sp³-hybridized carbons (Fsp3) is 0.214. The van der Waals surface area contributed by atoms with E-state index in [9.17, 15) is 0 Å². The Morgan fingerprint density at radius 2 is 2.19 bits per heavy atom. The number of hydrazone groups is 1. The fourth-order valence-electron chi connectivity index (χ4n) is 1.50. The summed E-state index contributed by atoms with van der Waals surface area (Å²) in [5.74, 6) is 0.777. The summed E-state index contributed by atoms with van der Waals surface area (Å²) in [6, 6.07) is 7.02. The van der Waals surface area contributed by atoms with E-state index < -0.39 is 0 Å². The van der Waals surface area contributed by atoms with Gasteiger partial charge in [-0.25, -0.2) is 10.4 Å². The van der Waals surface area contributed by atoms with Crippen molar-refractivity contribution in [3.63, 3.8) is 0 Å². The number of oxazole rings is 1.